The molecule has 0 aliphatic heterocycles. The highest BCUT2D eigenvalue weighted by Gasteiger charge is 2.25. The standard InChI is InChI=1S/C47H49F2N3/c1-9-31(32-20-21-50-43(25-32)39-19-18-34(48)26-42(39)49)22-30(2)33-23-35(51-28-40(46(3,4)5)37-14-10-12-16-44(37)51)27-36(24-33)52-29-41(47(6,7)8)38-15-11-13-17-45(38)52/h10-21,23-31H,9,22H2,1-8H3. The van der Waals surface area contributed by atoms with Gasteiger partial charge in [-0.2, -0.15) is 0 Å². The van der Waals surface area contributed by atoms with Crippen molar-refractivity contribution in [3.63, 3.8) is 0 Å². The molecule has 0 radical (unpaired) electrons. The number of rotatable bonds is 8. The van der Waals surface area contributed by atoms with E-state index in [0.29, 0.717) is 11.3 Å². The number of para-hydroxylation sites is 2. The van der Waals surface area contributed by atoms with Gasteiger partial charge in [-0.1, -0.05) is 91.8 Å². The second-order valence-corrected chi connectivity index (χ2v) is 16.5. The Morgan fingerprint density at radius 2 is 1.21 bits per heavy atom. The molecule has 3 heterocycles. The summed E-state index contributed by atoms with van der Waals surface area (Å²) in [4.78, 5) is 4.46. The lowest BCUT2D eigenvalue weighted by atomic mass is 9.84. The molecule has 266 valence electrons. The van der Waals surface area contributed by atoms with Crippen molar-refractivity contribution in [2.75, 3.05) is 0 Å². The van der Waals surface area contributed by atoms with Crippen LogP contribution in [0.4, 0.5) is 8.78 Å². The highest BCUT2D eigenvalue weighted by Crippen LogP contribution is 2.39. The van der Waals surface area contributed by atoms with E-state index in [0.717, 1.165) is 35.8 Å². The molecule has 3 nitrogen and oxygen atoms in total. The number of benzene rings is 4. The number of pyridine rings is 1. The minimum atomic E-state index is -0.602. The maximum atomic E-state index is 14.8. The average Bonchev–Trinajstić information content (AvgIpc) is 3.71. The fraction of sp³-hybridized carbons (Fsp3) is 0.298. The number of halogens is 2. The largest absolute Gasteiger partial charge is 0.316 e. The van der Waals surface area contributed by atoms with Gasteiger partial charge >= 0.3 is 0 Å². The summed E-state index contributed by atoms with van der Waals surface area (Å²) in [7, 11) is 0. The zero-order valence-electron chi connectivity index (χ0n) is 31.6. The van der Waals surface area contributed by atoms with Crippen LogP contribution in [0.1, 0.15) is 102 Å². The van der Waals surface area contributed by atoms with Gasteiger partial charge in [0.25, 0.3) is 0 Å². The predicted molar refractivity (Wildman–Crippen MR) is 213 cm³/mol. The van der Waals surface area contributed by atoms with E-state index in [1.807, 2.05) is 12.1 Å². The molecule has 0 saturated carbocycles. The Hall–Kier alpha value is -5.03. The van der Waals surface area contributed by atoms with Gasteiger partial charge in [0, 0.05) is 52.4 Å². The molecular weight excluding hydrogens is 645 g/mol. The number of nitrogens with zero attached hydrogens (tertiary/aromatic N) is 3. The SMILES string of the molecule is CCC(CC(C)c1cc(-n2cc(C(C)(C)C)c3ccccc32)cc(-n2cc(C(C)(C)C)c3ccccc32)c1)c1ccnc(-c2ccc(F)cc2F)c1. The van der Waals surface area contributed by atoms with Crippen molar-refractivity contribution in [3.05, 3.63) is 150 Å². The van der Waals surface area contributed by atoms with Crippen molar-refractivity contribution in [1.82, 2.24) is 14.1 Å². The summed E-state index contributed by atoms with van der Waals surface area (Å²) in [6.07, 6.45) is 8.21. The van der Waals surface area contributed by atoms with E-state index in [-0.39, 0.29) is 22.7 Å². The molecule has 7 rings (SSSR count). The van der Waals surface area contributed by atoms with E-state index in [4.69, 9.17) is 0 Å². The third kappa shape index (κ3) is 6.69. The fourth-order valence-electron chi connectivity index (χ4n) is 7.81. The molecule has 3 aromatic heterocycles. The molecule has 0 bridgehead atoms. The Balaban J connectivity index is 1.36. The number of aromatic nitrogens is 3. The molecule has 0 aliphatic carbocycles. The van der Waals surface area contributed by atoms with E-state index < -0.39 is 11.6 Å². The molecular formula is C47H49F2N3. The van der Waals surface area contributed by atoms with Crippen LogP contribution >= 0.6 is 0 Å². The smallest absolute Gasteiger partial charge is 0.135 e. The van der Waals surface area contributed by atoms with Crippen LogP contribution in [0.2, 0.25) is 0 Å². The molecule has 4 aromatic carbocycles. The Morgan fingerprint density at radius 3 is 1.73 bits per heavy atom. The highest BCUT2D eigenvalue weighted by atomic mass is 19.1. The van der Waals surface area contributed by atoms with Crippen molar-refractivity contribution in [3.8, 4) is 22.6 Å². The van der Waals surface area contributed by atoms with Gasteiger partial charge in [0.15, 0.2) is 0 Å². The quantitative estimate of drug-likeness (QED) is 0.155. The Kier molecular flexibility index (Phi) is 9.19. The predicted octanol–water partition coefficient (Wildman–Crippen LogP) is 13.2. The monoisotopic (exact) mass is 693 g/mol. The van der Waals surface area contributed by atoms with E-state index >= 15 is 0 Å². The van der Waals surface area contributed by atoms with Crippen molar-refractivity contribution in [2.45, 2.75) is 90.9 Å². The third-order valence-corrected chi connectivity index (χ3v) is 10.7. The van der Waals surface area contributed by atoms with Crippen LogP contribution in [0.3, 0.4) is 0 Å². The van der Waals surface area contributed by atoms with E-state index in [1.54, 1.807) is 6.20 Å². The van der Waals surface area contributed by atoms with Gasteiger partial charge in [-0.25, -0.2) is 8.78 Å². The molecule has 7 aromatic rings. The molecule has 0 amide bonds. The summed E-state index contributed by atoms with van der Waals surface area (Å²) in [5.41, 5.74) is 10.4. The summed E-state index contributed by atoms with van der Waals surface area (Å²) in [5, 5.41) is 2.54. The normalized spacial score (nSPS) is 13.6. The molecule has 2 atom stereocenters. The second kappa shape index (κ2) is 13.5. The number of hydrogen-bond donors (Lipinski definition) is 0. The first kappa shape index (κ1) is 35.4. The lowest BCUT2D eigenvalue weighted by molar-refractivity contribution is 0.544. The van der Waals surface area contributed by atoms with Gasteiger partial charge in [0.1, 0.15) is 11.6 Å². The van der Waals surface area contributed by atoms with Crippen LogP contribution in [0, 0.1) is 11.6 Å². The summed E-state index contributed by atoms with van der Waals surface area (Å²) >= 11 is 0. The van der Waals surface area contributed by atoms with Crippen molar-refractivity contribution < 1.29 is 8.78 Å². The van der Waals surface area contributed by atoms with Gasteiger partial charge < -0.3 is 9.13 Å². The van der Waals surface area contributed by atoms with Crippen molar-refractivity contribution in [2.24, 2.45) is 0 Å². The Bertz CT molecular complexity index is 2290. The molecule has 2 unspecified atom stereocenters. The maximum Gasteiger partial charge on any atom is 0.135 e. The first-order valence-electron chi connectivity index (χ1n) is 18.5. The van der Waals surface area contributed by atoms with Gasteiger partial charge in [-0.05, 0) is 112 Å². The molecule has 0 spiro atoms. The molecule has 52 heavy (non-hydrogen) atoms. The highest BCUT2D eigenvalue weighted by molar-refractivity contribution is 5.88. The molecule has 0 saturated heterocycles. The topological polar surface area (TPSA) is 22.8 Å². The van der Waals surface area contributed by atoms with Crippen molar-refractivity contribution >= 4 is 21.8 Å². The molecule has 0 fully saturated rings. The zero-order valence-corrected chi connectivity index (χ0v) is 31.6. The third-order valence-electron chi connectivity index (χ3n) is 10.7. The average molecular weight is 694 g/mol. The summed E-state index contributed by atoms with van der Waals surface area (Å²) in [5.74, 6) is -0.776. The van der Waals surface area contributed by atoms with E-state index in [9.17, 15) is 8.78 Å². The zero-order chi connectivity index (χ0) is 36.9. The summed E-state index contributed by atoms with van der Waals surface area (Å²) in [6, 6.07) is 32.2. The molecule has 5 heteroatoms. The lowest BCUT2D eigenvalue weighted by Gasteiger charge is -2.23. The summed E-state index contributed by atoms with van der Waals surface area (Å²) in [6.45, 7) is 18.2. The van der Waals surface area contributed by atoms with Gasteiger partial charge in [-0.15, -0.1) is 0 Å². The van der Waals surface area contributed by atoms with Gasteiger partial charge in [-0.3, -0.25) is 4.98 Å². The molecule has 0 aliphatic rings. The van der Waals surface area contributed by atoms with Crippen LogP contribution in [0.15, 0.2) is 116 Å². The van der Waals surface area contributed by atoms with E-state index in [1.165, 1.54) is 50.6 Å². The maximum absolute atomic E-state index is 14.8. The first-order valence-corrected chi connectivity index (χ1v) is 18.5. The lowest BCUT2D eigenvalue weighted by Crippen LogP contribution is -2.10. The molecule has 0 N–H and O–H groups in total. The van der Waals surface area contributed by atoms with Crippen LogP contribution in [-0.2, 0) is 10.8 Å². The first-order chi connectivity index (χ1) is 24.7. The van der Waals surface area contributed by atoms with Crippen LogP contribution in [-0.4, -0.2) is 14.1 Å². The van der Waals surface area contributed by atoms with Crippen LogP contribution < -0.4 is 0 Å². The van der Waals surface area contributed by atoms with Crippen LogP contribution in [0.5, 0.6) is 0 Å². The second-order valence-electron chi connectivity index (χ2n) is 16.5. The van der Waals surface area contributed by atoms with Gasteiger partial charge in [0.05, 0.1) is 16.7 Å². The minimum Gasteiger partial charge on any atom is -0.316 e. The van der Waals surface area contributed by atoms with E-state index in [2.05, 4.69) is 149 Å². The number of hydrogen-bond acceptors (Lipinski definition) is 1. The summed E-state index contributed by atoms with van der Waals surface area (Å²) < 4.78 is 33.2. The van der Waals surface area contributed by atoms with Gasteiger partial charge in [0.2, 0.25) is 0 Å². The number of fused-ring (bicyclic) bond motifs is 2. The fourth-order valence-corrected chi connectivity index (χ4v) is 7.81. The van der Waals surface area contributed by atoms with Crippen molar-refractivity contribution in [1.29, 1.82) is 0 Å². The Labute approximate surface area is 307 Å². The Morgan fingerprint density at radius 1 is 0.654 bits per heavy atom. The van der Waals surface area contributed by atoms with Crippen LogP contribution in [0.25, 0.3) is 44.4 Å². The minimum absolute atomic E-state index is 0.0224.